The first-order valence-electron chi connectivity index (χ1n) is 8.58. The van der Waals surface area contributed by atoms with Gasteiger partial charge >= 0.3 is 5.69 Å². The van der Waals surface area contributed by atoms with Crippen LogP contribution in [0, 0.1) is 0 Å². The molecule has 1 saturated heterocycles. The van der Waals surface area contributed by atoms with Crippen molar-refractivity contribution in [3.05, 3.63) is 38.7 Å². The summed E-state index contributed by atoms with van der Waals surface area (Å²) in [7, 11) is 0. The molecule has 0 saturated carbocycles. The molecule has 2 aromatic heterocycles. The van der Waals surface area contributed by atoms with Gasteiger partial charge in [0.1, 0.15) is 5.65 Å². The second kappa shape index (κ2) is 7.18. The molecule has 1 aliphatic heterocycles. The van der Waals surface area contributed by atoms with Gasteiger partial charge in [-0.1, -0.05) is 0 Å². The number of likely N-dealkylation sites (tertiary alicyclic amines) is 1. The Balaban J connectivity index is 1.95. The van der Waals surface area contributed by atoms with Gasteiger partial charge in [0.05, 0.1) is 17.1 Å². The number of amides is 1. The molecule has 0 aromatic carbocycles. The Morgan fingerprint density at radius 3 is 2.92 bits per heavy atom. The number of hydrogen-bond donors (Lipinski definition) is 1. The second-order valence-electron chi connectivity index (χ2n) is 6.07. The van der Waals surface area contributed by atoms with Gasteiger partial charge in [-0.05, 0) is 32.8 Å². The summed E-state index contributed by atoms with van der Waals surface area (Å²) in [6.07, 6.45) is 3.30. The molecule has 1 amide bonds. The zero-order chi connectivity index (χ0) is 18.0. The van der Waals surface area contributed by atoms with Gasteiger partial charge in [-0.15, -0.1) is 0 Å². The molecule has 25 heavy (non-hydrogen) atoms. The lowest BCUT2D eigenvalue weighted by Crippen LogP contribution is -2.43. The number of carbonyl (C=O) groups is 1. The lowest BCUT2D eigenvalue weighted by atomic mass is 10.1. The number of ether oxygens (including phenoxy) is 1. The van der Waals surface area contributed by atoms with E-state index >= 15 is 0 Å². The largest absolute Gasteiger partial charge is 0.377 e. The Bertz CT molecular complexity index is 900. The molecule has 0 radical (unpaired) electrons. The summed E-state index contributed by atoms with van der Waals surface area (Å²) in [5, 5.41) is 0.241. The van der Waals surface area contributed by atoms with Crippen LogP contribution in [0.3, 0.4) is 0 Å². The number of aromatic amines is 1. The first-order chi connectivity index (χ1) is 12.0. The Morgan fingerprint density at radius 2 is 2.20 bits per heavy atom. The number of nitrogens with zero attached hydrogens (tertiary/aromatic N) is 3. The first kappa shape index (κ1) is 17.3. The molecule has 0 spiro atoms. The van der Waals surface area contributed by atoms with Gasteiger partial charge in [0.15, 0.2) is 0 Å². The molecule has 3 heterocycles. The Hall–Kier alpha value is -2.48. The van der Waals surface area contributed by atoms with Crippen molar-refractivity contribution in [1.82, 2.24) is 19.4 Å². The van der Waals surface area contributed by atoms with Crippen molar-refractivity contribution in [2.75, 3.05) is 19.7 Å². The van der Waals surface area contributed by atoms with E-state index in [1.165, 1.54) is 16.8 Å². The van der Waals surface area contributed by atoms with Crippen LogP contribution in [0.1, 0.15) is 37.0 Å². The SMILES string of the molecule is CCO[C@@H]1CCCN(C(=O)c2cnc3c(c2)c(=O)[nH]c(=O)n3CC)C1. The number of pyridine rings is 1. The average Bonchev–Trinajstić information content (AvgIpc) is 2.62. The predicted molar refractivity (Wildman–Crippen MR) is 92.8 cm³/mol. The molecule has 8 nitrogen and oxygen atoms in total. The molecule has 1 aliphatic rings. The minimum Gasteiger partial charge on any atom is -0.377 e. The number of fused-ring (bicyclic) bond motifs is 1. The van der Waals surface area contributed by atoms with Crippen molar-refractivity contribution in [3.63, 3.8) is 0 Å². The van der Waals surface area contributed by atoms with E-state index in [0.29, 0.717) is 37.5 Å². The van der Waals surface area contributed by atoms with E-state index in [2.05, 4.69) is 9.97 Å². The number of carbonyl (C=O) groups excluding carboxylic acids is 1. The van der Waals surface area contributed by atoms with Crippen LogP contribution >= 0.6 is 0 Å². The van der Waals surface area contributed by atoms with Gasteiger partial charge in [0, 0.05) is 32.4 Å². The minimum atomic E-state index is -0.530. The van der Waals surface area contributed by atoms with Crippen LogP contribution in [0.2, 0.25) is 0 Å². The molecular weight excluding hydrogens is 324 g/mol. The van der Waals surface area contributed by atoms with Crippen LogP contribution in [0.15, 0.2) is 21.9 Å². The Labute approximate surface area is 144 Å². The molecule has 1 fully saturated rings. The highest BCUT2D eigenvalue weighted by molar-refractivity contribution is 5.96. The number of H-pyrrole nitrogens is 1. The lowest BCUT2D eigenvalue weighted by Gasteiger charge is -2.32. The van der Waals surface area contributed by atoms with E-state index in [0.717, 1.165) is 12.8 Å². The summed E-state index contributed by atoms with van der Waals surface area (Å²) in [5.74, 6) is -0.174. The zero-order valence-corrected chi connectivity index (χ0v) is 14.4. The molecule has 2 aromatic rings. The fourth-order valence-electron chi connectivity index (χ4n) is 3.26. The van der Waals surface area contributed by atoms with Crippen molar-refractivity contribution < 1.29 is 9.53 Å². The molecule has 0 aliphatic carbocycles. The standard InChI is InChI=1S/C17H22N4O4/c1-3-21-14-13(15(22)19-17(21)24)8-11(9-18-14)16(23)20-7-5-6-12(10-20)25-4-2/h8-9,12H,3-7,10H2,1-2H3,(H,19,22,24)/t12-/m1/s1. The minimum absolute atomic E-state index is 0.0461. The molecule has 1 N–H and O–H groups in total. The van der Waals surface area contributed by atoms with Gasteiger partial charge in [0.2, 0.25) is 0 Å². The van der Waals surface area contributed by atoms with Gasteiger partial charge < -0.3 is 9.64 Å². The van der Waals surface area contributed by atoms with Crippen molar-refractivity contribution in [2.24, 2.45) is 0 Å². The maximum Gasteiger partial charge on any atom is 0.329 e. The van der Waals surface area contributed by atoms with Crippen LogP contribution in [0.4, 0.5) is 0 Å². The molecule has 0 unspecified atom stereocenters. The summed E-state index contributed by atoms with van der Waals surface area (Å²) in [6, 6.07) is 1.51. The smallest absolute Gasteiger partial charge is 0.329 e. The van der Waals surface area contributed by atoms with E-state index in [1.807, 2.05) is 6.92 Å². The van der Waals surface area contributed by atoms with Gasteiger partial charge in [-0.25, -0.2) is 9.78 Å². The molecule has 1 atom stereocenters. The number of piperidine rings is 1. The van der Waals surface area contributed by atoms with E-state index < -0.39 is 11.2 Å². The third-order valence-electron chi connectivity index (χ3n) is 4.46. The highest BCUT2D eigenvalue weighted by atomic mass is 16.5. The molecule has 3 rings (SSSR count). The maximum atomic E-state index is 12.8. The maximum absolute atomic E-state index is 12.8. The van der Waals surface area contributed by atoms with Crippen molar-refractivity contribution in [1.29, 1.82) is 0 Å². The number of aryl methyl sites for hydroxylation is 1. The molecule has 134 valence electrons. The van der Waals surface area contributed by atoms with Crippen molar-refractivity contribution in [2.45, 2.75) is 39.3 Å². The predicted octanol–water partition coefficient (Wildman–Crippen LogP) is 0.746. The van der Waals surface area contributed by atoms with Gasteiger partial charge in [-0.3, -0.25) is 19.1 Å². The van der Waals surface area contributed by atoms with Crippen LogP contribution in [-0.2, 0) is 11.3 Å². The highest BCUT2D eigenvalue weighted by Gasteiger charge is 2.25. The van der Waals surface area contributed by atoms with E-state index in [4.69, 9.17) is 4.74 Å². The van der Waals surface area contributed by atoms with E-state index in [1.54, 1.807) is 11.8 Å². The van der Waals surface area contributed by atoms with E-state index in [9.17, 15) is 14.4 Å². The Morgan fingerprint density at radius 1 is 1.40 bits per heavy atom. The van der Waals surface area contributed by atoms with Gasteiger partial charge in [-0.2, -0.15) is 0 Å². The summed E-state index contributed by atoms with van der Waals surface area (Å²) >= 11 is 0. The zero-order valence-electron chi connectivity index (χ0n) is 14.4. The molecular formula is C17H22N4O4. The average molecular weight is 346 g/mol. The monoisotopic (exact) mass is 346 g/mol. The normalized spacial score (nSPS) is 17.8. The quantitative estimate of drug-likeness (QED) is 0.881. The summed E-state index contributed by atoms with van der Waals surface area (Å²) < 4.78 is 7.00. The lowest BCUT2D eigenvalue weighted by molar-refractivity contribution is 0.00723. The van der Waals surface area contributed by atoms with Crippen molar-refractivity contribution >= 4 is 16.9 Å². The highest BCUT2D eigenvalue weighted by Crippen LogP contribution is 2.17. The number of nitrogens with one attached hydrogen (secondary N) is 1. The molecule has 8 heteroatoms. The van der Waals surface area contributed by atoms with E-state index in [-0.39, 0.29) is 17.4 Å². The van der Waals surface area contributed by atoms with Gasteiger partial charge in [0.25, 0.3) is 11.5 Å². The van der Waals surface area contributed by atoms with Crippen LogP contribution in [0.25, 0.3) is 11.0 Å². The van der Waals surface area contributed by atoms with Crippen LogP contribution in [-0.4, -0.2) is 51.1 Å². The summed E-state index contributed by atoms with van der Waals surface area (Å²) in [4.78, 5) is 44.9. The number of hydrogen-bond acceptors (Lipinski definition) is 5. The third-order valence-corrected chi connectivity index (χ3v) is 4.46. The summed E-state index contributed by atoms with van der Waals surface area (Å²) in [6.45, 7) is 5.93. The fourth-order valence-corrected chi connectivity index (χ4v) is 3.26. The van der Waals surface area contributed by atoms with Crippen LogP contribution in [0.5, 0.6) is 0 Å². The second-order valence-corrected chi connectivity index (χ2v) is 6.07. The summed E-state index contributed by atoms with van der Waals surface area (Å²) in [5.41, 5.74) is -0.394. The molecule has 0 bridgehead atoms. The number of rotatable bonds is 4. The Kier molecular flexibility index (Phi) is 4.98. The third kappa shape index (κ3) is 3.34. The van der Waals surface area contributed by atoms with Crippen LogP contribution < -0.4 is 11.2 Å². The topological polar surface area (TPSA) is 97.3 Å². The van der Waals surface area contributed by atoms with Crippen molar-refractivity contribution in [3.8, 4) is 0 Å². The fraction of sp³-hybridized carbons (Fsp3) is 0.529. The number of aromatic nitrogens is 3. The first-order valence-corrected chi connectivity index (χ1v) is 8.58.